The molecule has 0 saturated heterocycles. The monoisotopic (exact) mass is 160 g/mol. The molecule has 0 aliphatic carbocycles. The van der Waals surface area contributed by atoms with Crippen LogP contribution in [0.15, 0.2) is 4.42 Å². The fraction of sp³-hybridized carbons (Fsp3) is 0.500. The molecule has 10 heavy (non-hydrogen) atoms. The molecule has 0 saturated carbocycles. The predicted molar refractivity (Wildman–Crippen MR) is 40.0 cm³/mol. The molecule has 1 heterocycles. The zero-order valence-corrected chi connectivity index (χ0v) is 6.64. The summed E-state index contributed by atoms with van der Waals surface area (Å²) in [6, 6.07) is 0.133. The summed E-state index contributed by atoms with van der Waals surface area (Å²) in [4.78, 5) is 3.89. The maximum atomic E-state index is 5.63. The van der Waals surface area contributed by atoms with Gasteiger partial charge in [0.1, 0.15) is 5.69 Å². The summed E-state index contributed by atoms with van der Waals surface area (Å²) >= 11 is 5.63. The largest absolute Gasteiger partial charge is 0.412 e. The van der Waals surface area contributed by atoms with Crippen LogP contribution < -0.4 is 5.73 Å². The first-order chi connectivity index (χ1) is 4.61. The molecule has 0 spiro atoms. The van der Waals surface area contributed by atoms with Crippen molar-refractivity contribution in [3.8, 4) is 0 Å². The van der Waals surface area contributed by atoms with Gasteiger partial charge in [0, 0.05) is 5.92 Å². The normalized spacial score (nSPS) is 10.8. The molecular weight excluding hydrogens is 152 g/mol. The number of hydrogen-bond donors (Lipinski definition) is 1. The fourth-order valence-electron chi connectivity index (χ4n) is 0.686. The Balaban J connectivity index is 3.03. The maximum Gasteiger partial charge on any atom is 0.293 e. The number of nitrogens with zero attached hydrogens (tertiary/aromatic N) is 1. The van der Waals surface area contributed by atoms with Gasteiger partial charge in [-0.25, -0.2) is 0 Å². The minimum absolute atomic E-state index is 0.133. The van der Waals surface area contributed by atoms with Crippen LogP contribution in [0.1, 0.15) is 25.5 Å². The lowest BCUT2D eigenvalue weighted by Crippen LogP contribution is -1.89. The van der Waals surface area contributed by atoms with E-state index in [1.807, 2.05) is 13.8 Å². The molecule has 0 radical (unpaired) electrons. The highest BCUT2D eigenvalue weighted by Gasteiger charge is 2.11. The van der Waals surface area contributed by atoms with E-state index in [-0.39, 0.29) is 11.9 Å². The van der Waals surface area contributed by atoms with E-state index in [0.29, 0.717) is 5.22 Å². The molecule has 56 valence electrons. The average Bonchev–Trinajstić information content (AvgIpc) is 2.10. The Kier molecular flexibility index (Phi) is 1.85. The van der Waals surface area contributed by atoms with Gasteiger partial charge in [0.05, 0.1) is 0 Å². The Hall–Kier alpha value is -0.700. The molecular formula is C6H9ClN2O. The number of aromatic nitrogens is 1. The minimum Gasteiger partial charge on any atom is -0.412 e. The van der Waals surface area contributed by atoms with E-state index in [4.69, 9.17) is 21.8 Å². The van der Waals surface area contributed by atoms with Crippen molar-refractivity contribution in [2.24, 2.45) is 0 Å². The lowest BCUT2D eigenvalue weighted by molar-refractivity contribution is 0.579. The first-order valence-corrected chi connectivity index (χ1v) is 3.40. The van der Waals surface area contributed by atoms with Gasteiger partial charge in [0.15, 0.2) is 0 Å². The molecule has 3 nitrogen and oxygen atoms in total. The molecule has 0 atom stereocenters. The third-order valence-electron chi connectivity index (χ3n) is 1.17. The molecule has 0 aromatic carbocycles. The van der Waals surface area contributed by atoms with E-state index in [9.17, 15) is 0 Å². The van der Waals surface area contributed by atoms with E-state index in [1.54, 1.807) is 0 Å². The molecule has 1 aromatic rings. The second-order valence-electron chi connectivity index (χ2n) is 2.37. The lowest BCUT2D eigenvalue weighted by atomic mass is 10.2. The first-order valence-electron chi connectivity index (χ1n) is 3.03. The number of rotatable bonds is 1. The van der Waals surface area contributed by atoms with Crippen molar-refractivity contribution in [1.82, 2.24) is 4.98 Å². The zero-order valence-electron chi connectivity index (χ0n) is 5.89. The van der Waals surface area contributed by atoms with E-state index in [0.717, 1.165) is 5.69 Å². The Morgan fingerprint density at radius 1 is 1.60 bits per heavy atom. The van der Waals surface area contributed by atoms with Crippen LogP contribution in [0.2, 0.25) is 5.22 Å². The van der Waals surface area contributed by atoms with Crippen molar-refractivity contribution in [3.63, 3.8) is 0 Å². The molecule has 1 aromatic heterocycles. The minimum atomic E-state index is 0.133. The van der Waals surface area contributed by atoms with Crippen LogP contribution in [0.3, 0.4) is 0 Å². The summed E-state index contributed by atoms with van der Waals surface area (Å²) in [5.74, 6) is 0.258. The van der Waals surface area contributed by atoms with Gasteiger partial charge in [-0.05, 0) is 11.6 Å². The molecule has 0 aliphatic heterocycles. The Morgan fingerprint density at radius 3 is 2.40 bits per heavy atom. The van der Waals surface area contributed by atoms with Gasteiger partial charge in [-0.3, -0.25) is 0 Å². The summed E-state index contributed by atoms with van der Waals surface area (Å²) in [5.41, 5.74) is 5.98. The topological polar surface area (TPSA) is 52.0 Å². The van der Waals surface area contributed by atoms with Gasteiger partial charge in [-0.15, -0.1) is 0 Å². The molecule has 0 bridgehead atoms. The Labute approximate surface area is 64.2 Å². The molecule has 4 heteroatoms. The molecule has 2 N–H and O–H groups in total. The summed E-state index contributed by atoms with van der Waals surface area (Å²) < 4.78 is 4.81. The van der Waals surface area contributed by atoms with Crippen LogP contribution in [-0.4, -0.2) is 4.98 Å². The maximum absolute atomic E-state index is 5.63. The zero-order chi connectivity index (χ0) is 7.72. The van der Waals surface area contributed by atoms with Crippen LogP contribution in [-0.2, 0) is 0 Å². The third-order valence-corrected chi connectivity index (χ3v) is 1.44. The van der Waals surface area contributed by atoms with Crippen LogP contribution in [0, 0.1) is 0 Å². The first kappa shape index (κ1) is 7.41. The number of halogens is 1. The number of nitrogens with two attached hydrogens (primary N) is 1. The van der Waals surface area contributed by atoms with E-state index in [1.165, 1.54) is 0 Å². The summed E-state index contributed by atoms with van der Waals surface area (Å²) in [6.07, 6.45) is 0. The highest BCUT2D eigenvalue weighted by atomic mass is 35.5. The number of nitrogen functional groups attached to an aromatic ring is 1. The number of hydrogen-bond acceptors (Lipinski definition) is 3. The summed E-state index contributed by atoms with van der Waals surface area (Å²) in [6.45, 7) is 3.95. The van der Waals surface area contributed by atoms with Crippen LogP contribution >= 0.6 is 11.6 Å². The van der Waals surface area contributed by atoms with Gasteiger partial charge in [0.2, 0.25) is 5.22 Å². The van der Waals surface area contributed by atoms with E-state index >= 15 is 0 Å². The molecule has 0 aliphatic rings. The standard InChI is InChI=1S/C6H9ClN2O/c1-3(2)4-5(7)10-6(8)9-4/h3H,1-2H3,(H2,8,9). The Morgan fingerprint density at radius 2 is 2.20 bits per heavy atom. The summed E-state index contributed by atoms with van der Waals surface area (Å²) in [5, 5.41) is 0.299. The summed E-state index contributed by atoms with van der Waals surface area (Å²) in [7, 11) is 0. The second-order valence-corrected chi connectivity index (χ2v) is 2.71. The quantitative estimate of drug-likeness (QED) is 0.684. The lowest BCUT2D eigenvalue weighted by Gasteiger charge is -1.95. The number of oxazole rings is 1. The highest BCUT2D eigenvalue weighted by Crippen LogP contribution is 2.24. The van der Waals surface area contributed by atoms with E-state index < -0.39 is 0 Å². The molecule has 0 amide bonds. The fourth-order valence-corrected chi connectivity index (χ4v) is 1.03. The van der Waals surface area contributed by atoms with Gasteiger partial charge in [-0.2, -0.15) is 4.98 Å². The van der Waals surface area contributed by atoms with Crippen LogP contribution in [0.25, 0.3) is 0 Å². The van der Waals surface area contributed by atoms with Crippen LogP contribution in [0.4, 0.5) is 6.01 Å². The highest BCUT2D eigenvalue weighted by molar-refractivity contribution is 6.29. The SMILES string of the molecule is CC(C)c1nc(N)oc1Cl. The van der Waals surface area contributed by atoms with Crippen molar-refractivity contribution in [3.05, 3.63) is 10.9 Å². The van der Waals surface area contributed by atoms with Gasteiger partial charge < -0.3 is 10.2 Å². The average molecular weight is 161 g/mol. The van der Waals surface area contributed by atoms with Crippen molar-refractivity contribution in [1.29, 1.82) is 0 Å². The van der Waals surface area contributed by atoms with Crippen LogP contribution in [0.5, 0.6) is 0 Å². The Bertz CT molecular complexity index is 232. The van der Waals surface area contributed by atoms with Crippen molar-refractivity contribution in [2.75, 3.05) is 5.73 Å². The second kappa shape index (κ2) is 2.50. The van der Waals surface area contributed by atoms with Crippen molar-refractivity contribution < 1.29 is 4.42 Å². The van der Waals surface area contributed by atoms with Gasteiger partial charge in [-0.1, -0.05) is 13.8 Å². The van der Waals surface area contributed by atoms with Gasteiger partial charge >= 0.3 is 0 Å². The molecule has 0 unspecified atom stereocenters. The van der Waals surface area contributed by atoms with Crippen molar-refractivity contribution in [2.45, 2.75) is 19.8 Å². The number of anilines is 1. The molecule has 0 fully saturated rings. The van der Waals surface area contributed by atoms with Gasteiger partial charge in [0.25, 0.3) is 6.01 Å². The smallest absolute Gasteiger partial charge is 0.293 e. The van der Waals surface area contributed by atoms with E-state index in [2.05, 4.69) is 4.98 Å². The van der Waals surface area contributed by atoms with Crippen molar-refractivity contribution >= 4 is 17.6 Å². The predicted octanol–water partition coefficient (Wildman–Crippen LogP) is 2.03. The molecule has 1 rings (SSSR count). The third kappa shape index (κ3) is 1.24.